The highest BCUT2D eigenvalue weighted by atomic mass is 32.1. The molecule has 8 heteroatoms. The van der Waals surface area contributed by atoms with Gasteiger partial charge in [-0.25, -0.2) is 4.79 Å². The molecule has 0 bridgehead atoms. The van der Waals surface area contributed by atoms with E-state index in [0.717, 1.165) is 17.8 Å². The summed E-state index contributed by atoms with van der Waals surface area (Å²) in [5, 5.41) is 6.15. The van der Waals surface area contributed by atoms with Crippen LogP contribution in [0.25, 0.3) is 0 Å². The smallest absolute Gasteiger partial charge is 0.343 e. The number of nitrogen functional groups attached to an aromatic ring is 1. The Morgan fingerprint density at radius 1 is 1.38 bits per heavy atom. The van der Waals surface area contributed by atoms with Gasteiger partial charge < -0.3 is 25.8 Å². The Labute approximate surface area is 127 Å². The van der Waals surface area contributed by atoms with Crippen LogP contribution in [0.1, 0.15) is 33.4 Å². The zero-order valence-electron chi connectivity index (χ0n) is 12.4. The Hall–Kier alpha value is -1.80. The summed E-state index contributed by atoms with van der Waals surface area (Å²) in [4.78, 5) is 24.1. The van der Waals surface area contributed by atoms with Crippen LogP contribution in [0.3, 0.4) is 0 Å². The number of carbonyl (C=O) groups excluding carboxylic acids is 2. The average molecular weight is 315 g/mol. The van der Waals surface area contributed by atoms with Gasteiger partial charge in [-0.05, 0) is 13.3 Å². The normalized spacial score (nSPS) is 10.2. The number of anilines is 2. The monoisotopic (exact) mass is 315 g/mol. The molecule has 0 atom stereocenters. The summed E-state index contributed by atoms with van der Waals surface area (Å²) in [5.74, 6) is -0.858. The predicted molar refractivity (Wildman–Crippen MR) is 83.1 cm³/mol. The third-order valence-electron chi connectivity index (χ3n) is 2.67. The quantitative estimate of drug-likeness (QED) is 0.494. The number of esters is 1. The Morgan fingerprint density at radius 2 is 2.10 bits per heavy atom. The lowest BCUT2D eigenvalue weighted by Crippen LogP contribution is -2.18. The van der Waals surface area contributed by atoms with Crippen molar-refractivity contribution in [1.29, 1.82) is 0 Å². The van der Waals surface area contributed by atoms with E-state index in [9.17, 15) is 9.59 Å². The van der Waals surface area contributed by atoms with Gasteiger partial charge in [-0.15, -0.1) is 11.3 Å². The van der Waals surface area contributed by atoms with Gasteiger partial charge in [0.05, 0.1) is 12.3 Å². The van der Waals surface area contributed by atoms with Gasteiger partial charge in [-0.1, -0.05) is 0 Å². The van der Waals surface area contributed by atoms with E-state index >= 15 is 0 Å². The highest BCUT2D eigenvalue weighted by Crippen LogP contribution is 2.36. The topological polar surface area (TPSA) is 103 Å². The predicted octanol–water partition coefficient (Wildman–Crippen LogP) is 1.31. The van der Waals surface area contributed by atoms with Gasteiger partial charge in [0, 0.05) is 27.3 Å². The van der Waals surface area contributed by atoms with Crippen LogP contribution in [-0.2, 0) is 9.47 Å². The van der Waals surface area contributed by atoms with Crippen LogP contribution < -0.4 is 16.4 Å². The molecule has 0 saturated carbocycles. The Morgan fingerprint density at radius 3 is 2.67 bits per heavy atom. The van der Waals surface area contributed by atoms with Gasteiger partial charge in [-0.3, -0.25) is 4.79 Å². The number of hydrogen-bond donors (Lipinski definition) is 3. The summed E-state index contributed by atoms with van der Waals surface area (Å²) in [6, 6.07) is 0. The lowest BCUT2D eigenvalue weighted by Gasteiger charge is -2.07. The molecule has 0 unspecified atom stereocenters. The van der Waals surface area contributed by atoms with Crippen molar-refractivity contribution in [1.82, 2.24) is 5.32 Å². The molecule has 0 aliphatic rings. The van der Waals surface area contributed by atoms with Gasteiger partial charge in [0.1, 0.15) is 15.4 Å². The number of nitrogens with one attached hydrogen (secondary N) is 2. The van der Waals surface area contributed by atoms with Crippen molar-refractivity contribution < 1.29 is 19.1 Å². The van der Waals surface area contributed by atoms with E-state index in [2.05, 4.69) is 10.6 Å². The van der Waals surface area contributed by atoms with Crippen LogP contribution in [0.4, 0.5) is 10.7 Å². The fraction of sp³-hybridized carbons (Fsp3) is 0.538. The molecule has 1 aromatic rings. The number of rotatable bonds is 8. The first-order valence-electron chi connectivity index (χ1n) is 6.61. The van der Waals surface area contributed by atoms with Crippen molar-refractivity contribution in [3.8, 4) is 0 Å². The SMILES string of the molecule is CCOC(=O)c1c(NCCCOC)sc(C(=O)NC)c1N. The number of amides is 1. The second-order valence-corrected chi connectivity index (χ2v) is 5.14. The fourth-order valence-electron chi connectivity index (χ4n) is 1.67. The molecule has 21 heavy (non-hydrogen) atoms. The van der Waals surface area contributed by atoms with Crippen molar-refractivity contribution >= 4 is 33.9 Å². The van der Waals surface area contributed by atoms with E-state index in [4.69, 9.17) is 15.2 Å². The molecule has 1 amide bonds. The molecule has 118 valence electrons. The summed E-state index contributed by atoms with van der Waals surface area (Å²) in [7, 11) is 3.13. The molecule has 0 aliphatic heterocycles. The van der Waals surface area contributed by atoms with Gasteiger partial charge in [-0.2, -0.15) is 0 Å². The first kappa shape index (κ1) is 17.3. The maximum absolute atomic E-state index is 12.0. The molecule has 4 N–H and O–H groups in total. The van der Waals surface area contributed by atoms with E-state index in [1.165, 1.54) is 7.05 Å². The highest BCUT2D eigenvalue weighted by Gasteiger charge is 2.25. The molecule has 7 nitrogen and oxygen atoms in total. The van der Waals surface area contributed by atoms with E-state index < -0.39 is 5.97 Å². The van der Waals surface area contributed by atoms with Crippen molar-refractivity contribution in [2.45, 2.75) is 13.3 Å². The third kappa shape index (κ3) is 4.33. The minimum absolute atomic E-state index is 0.145. The number of thiophene rings is 1. The van der Waals surface area contributed by atoms with Crippen molar-refractivity contribution in [2.24, 2.45) is 0 Å². The van der Waals surface area contributed by atoms with Gasteiger partial charge in [0.15, 0.2) is 0 Å². The molecule has 0 aromatic carbocycles. The molecule has 0 aliphatic carbocycles. The standard InChI is InChI=1S/C13H21N3O4S/c1-4-20-13(18)8-9(14)10(11(17)15-2)21-12(8)16-6-5-7-19-3/h16H,4-7,14H2,1-3H3,(H,15,17). The van der Waals surface area contributed by atoms with Crippen LogP contribution in [0.15, 0.2) is 0 Å². The maximum Gasteiger partial charge on any atom is 0.343 e. The van der Waals surface area contributed by atoms with Crippen molar-refractivity contribution in [2.75, 3.05) is 45.0 Å². The van der Waals surface area contributed by atoms with Gasteiger partial charge in [0.2, 0.25) is 0 Å². The molecule has 0 spiro atoms. The molecule has 1 aromatic heterocycles. The van der Waals surface area contributed by atoms with E-state index in [1.807, 2.05) is 0 Å². The first-order chi connectivity index (χ1) is 10.1. The average Bonchev–Trinajstić information content (AvgIpc) is 2.80. The van der Waals surface area contributed by atoms with E-state index in [0.29, 0.717) is 23.0 Å². The lowest BCUT2D eigenvalue weighted by atomic mass is 10.2. The Bertz CT molecular complexity index is 502. The molecule has 0 saturated heterocycles. The van der Waals surface area contributed by atoms with Crippen LogP contribution in [-0.4, -0.2) is 45.8 Å². The van der Waals surface area contributed by atoms with Crippen LogP contribution in [0.2, 0.25) is 0 Å². The summed E-state index contributed by atoms with van der Waals surface area (Å²) >= 11 is 1.14. The maximum atomic E-state index is 12.0. The number of carbonyl (C=O) groups is 2. The third-order valence-corrected chi connectivity index (χ3v) is 3.83. The minimum atomic E-state index is -0.532. The Kier molecular flexibility index (Phi) is 6.97. The summed E-state index contributed by atoms with van der Waals surface area (Å²) in [6.45, 7) is 3.16. The molecule has 0 fully saturated rings. The molecule has 1 rings (SSSR count). The number of methoxy groups -OCH3 is 1. The van der Waals surface area contributed by atoms with Gasteiger partial charge in [0.25, 0.3) is 5.91 Å². The van der Waals surface area contributed by atoms with Crippen molar-refractivity contribution in [3.05, 3.63) is 10.4 Å². The lowest BCUT2D eigenvalue weighted by molar-refractivity contribution is 0.0529. The first-order valence-corrected chi connectivity index (χ1v) is 7.42. The van der Waals surface area contributed by atoms with Crippen molar-refractivity contribution in [3.63, 3.8) is 0 Å². The molecular formula is C13H21N3O4S. The van der Waals surface area contributed by atoms with Crippen LogP contribution in [0.5, 0.6) is 0 Å². The van der Waals surface area contributed by atoms with Crippen LogP contribution >= 0.6 is 11.3 Å². The summed E-state index contributed by atoms with van der Waals surface area (Å²) in [6.07, 6.45) is 0.770. The number of hydrogen-bond acceptors (Lipinski definition) is 7. The van der Waals surface area contributed by atoms with E-state index in [1.54, 1.807) is 14.0 Å². The van der Waals surface area contributed by atoms with Crippen LogP contribution in [0, 0.1) is 0 Å². The largest absolute Gasteiger partial charge is 0.462 e. The highest BCUT2D eigenvalue weighted by molar-refractivity contribution is 7.19. The summed E-state index contributed by atoms with van der Waals surface area (Å²) < 4.78 is 9.96. The molecule has 1 heterocycles. The zero-order chi connectivity index (χ0) is 15.8. The zero-order valence-corrected chi connectivity index (χ0v) is 13.3. The Balaban J connectivity index is 3.02. The second-order valence-electron chi connectivity index (χ2n) is 4.12. The number of nitrogens with two attached hydrogens (primary N) is 1. The van der Waals surface area contributed by atoms with E-state index in [-0.39, 0.29) is 23.8 Å². The summed E-state index contributed by atoms with van der Waals surface area (Å²) in [5.41, 5.74) is 6.29. The molecule has 0 radical (unpaired) electrons. The van der Waals surface area contributed by atoms with Gasteiger partial charge >= 0.3 is 5.97 Å². The molecular weight excluding hydrogens is 294 g/mol. The second kappa shape index (κ2) is 8.48. The minimum Gasteiger partial charge on any atom is -0.462 e. The number of ether oxygens (including phenoxy) is 2. The fourth-order valence-corrected chi connectivity index (χ4v) is 2.76.